The van der Waals surface area contributed by atoms with Gasteiger partial charge in [0.05, 0.1) is 0 Å². The van der Waals surface area contributed by atoms with Crippen LogP contribution in [0.5, 0.6) is 0 Å². The Morgan fingerprint density at radius 3 is 2.68 bits per heavy atom. The van der Waals surface area contributed by atoms with Gasteiger partial charge in [-0.1, -0.05) is 11.6 Å². The number of nitrogens with zero attached hydrogens (tertiary/aromatic N) is 3. The Hall–Kier alpha value is -1.92. The summed E-state index contributed by atoms with van der Waals surface area (Å²) in [5.41, 5.74) is 0.804. The lowest BCUT2D eigenvalue weighted by Gasteiger charge is -2.09. The van der Waals surface area contributed by atoms with E-state index in [1.165, 1.54) is 0 Å². The number of likely N-dealkylation sites (N-methyl/N-ethyl adjacent to an activating group) is 1. The summed E-state index contributed by atoms with van der Waals surface area (Å²) in [6.07, 6.45) is 0.754. The molecular weight excluding hydrogens is 304 g/mol. The van der Waals surface area contributed by atoms with Crippen LogP contribution in [0.2, 0.25) is 5.02 Å². The Morgan fingerprint density at radius 2 is 2.00 bits per heavy atom. The largest absolute Gasteiger partial charge is 0.421 e. The zero-order valence-electron chi connectivity index (χ0n) is 12.7. The van der Waals surface area contributed by atoms with Crippen LogP contribution in [0, 0.1) is 0 Å². The fourth-order valence-corrected chi connectivity index (χ4v) is 1.92. The summed E-state index contributed by atoms with van der Waals surface area (Å²) in [6.45, 7) is 1.44. The molecule has 0 saturated carbocycles. The van der Waals surface area contributed by atoms with E-state index in [9.17, 15) is 4.79 Å². The summed E-state index contributed by atoms with van der Waals surface area (Å²) in [7, 11) is 3.92. The molecule has 0 aliphatic rings. The summed E-state index contributed by atoms with van der Waals surface area (Å²) in [5, 5.41) is 11.4. The van der Waals surface area contributed by atoms with Crippen molar-refractivity contribution in [3.05, 3.63) is 35.2 Å². The first-order valence-electron chi connectivity index (χ1n) is 7.04. The van der Waals surface area contributed by atoms with E-state index in [-0.39, 0.29) is 5.91 Å². The molecule has 0 saturated heterocycles. The smallest absolute Gasteiger partial charge is 0.247 e. The third-order valence-corrected chi connectivity index (χ3v) is 3.26. The lowest BCUT2D eigenvalue weighted by Crippen LogP contribution is -2.31. The molecule has 2 rings (SSSR count). The molecule has 1 aromatic heterocycles. The van der Waals surface area contributed by atoms with Crippen LogP contribution in [0.4, 0.5) is 0 Å². The molecule has 0 fully saturated rings. The fourth-order valence-electron chi connectivity index (χ4n) is 1.79. The average Bonchev–Trinajstić information content (AvgIpc) is 2.94. The second-order valence-corrected chi connectivity index (χ2v) is 5.60. The van der Waals surface area contributed by atoms with E-state index < -0.39 is 0 Å². The Labute approximate surface area is 134 Å². The van der Waals surface area contributed by atoms with E-state index in [1.807, 2.05) is 31.1 Å². The standard InChI is InChI=1S/C15H19ClN4O2/c1-20(2)10-9-17-13(21)7-8-14-18-19-15(22-14)11-3-5-12(16)6-4-11/h3-6H,7-10H2,1-2H3,(H,17,21). The number of benzene rings is 1. The van der Waals surface area contributed by atoms with E-state index in [0.29, 0.717) is 36.2 Å². The predicted octanol–water partition coefficient (Wildman–Crippen LogP) is 2.00. The topological polar surface area (TPSA) is 71.3 Å². The van der Waals surface area contributed by atoms with Gasteiger partial charge >= 0.3 is 0 Å². The first-order chi connectivity index (χ1) is 10.5. The van der Waals surface area contributed by atoms with Crippen LogP contribution >= 0.6 is 11.6 Å². The summed E-state index contributed by atoms with van der Waals surface area (Å²) >= 11 is 5.84. The molecular formula is C15H19ClN4O2. The predicted molar refractivity (Wildman–Crippen MR) is 84.6 cm³/mol. The molecule has 0 radical (unpaired) electrons. The van der Waals surface area contributed by atoms with Crippen molar-refractivity contribution >= 4 is 17.5 Å². The van der Waals surface area contributed by atoms with E-state index >= 15 is 0 Å². The van der Waals surface area contributed by atoms with Crippen molar-refractivity contribution in [3.8, 4) is 11.5 Å². The number of carbonyl (C=O) groups is 1. The van der Waals surface area contributed by atoms with Crippen molar-refractivity contribution < 1.29 is 9.21 Å². The molecule has 1 N–H and O–H groups in total. The number of hydrogen-bond acceptors (Lipinski definition) is 5. The molecule has 118 valence electrons. The van der Waals surface area contributed by atoms with Crippen molar-refractivity contribution in [3.63, 3.8) is 0 Å². The van der Waals surface area contributed by atoms with Crippen molar-refractivity contribution in [2.45, 2.75) is 12.8 Å². The zero-order valence-corrected chi connectivity index (χ0v) is 13.4. The third kappa shape index (κ3) is 5.13. The molecule has 1 aromatic carbocycles. The van der Waals surface area contributed by atoms with Crippen LogP contribution in [0.15, 0.2) is 28.7 Å². The summed E-state index contributed by atoms with van der Waals surface area (Å²) < 4.78 is 5.55. The van der Waals surface area contributed by atoms with Crippen LogP contribution in [0.25, 0.3) is 11.5 Å². The van der Waals surface area contributed by atoms with E-state index in [4.69, 9.17) is 16.0 Å². The number of aryl methyl sites for hydroxylation is 1. The van der Waals surface area contributed by atoms with Crippen LogP contribution in [0.3, 0.4) is 0 Å². The van der Waals surface area contributed by atoms with Crippen molar-refractivity contribution in [2.24, 2.45) is 0 Å². The van der Waals surface area contributed by atoms with E-state index in [1.54, 1.807) is 12.1 Å². The van der Waals surface area contributed by atoms with Gasteiger partial charge in [0, 0.05) is 36.5 Å². The van der Waals surface area contributed by atoms with Gasteiger partial charge in [-0.2, -0.15) is 0 Å². The highest BCUT2D eigenvalue weighted by molar-refractivity contribution is 6.30. The number of aromatic nitrogens is 2. The molecule has 0 atom stereocenters. The third-order valence-electron chi connectivity index (χ3n) is 3.01. The number of carbonyl (C=O) groups excluding carboxylic acids is 1. The second kappa shape index (κ2) is 7.91. The molecule has 1 heterocycles. The maximum Gasteiger partial charge on any atom is 0.247 e. The van der Waals surface area contributed by atoms with Crippen LogP contribution in [-0.2, 0) is 11.2 Å². The Bertz CT molecular complexity index is 610. The van der Waals surface area contributed by atoms with Crippen molar-refractivity contribution in [1.82, 2.24) is 20.4 Å². The number of rotatable bonds is 7. The van der Waals surface area contributed by atoms with Crippen molar-refractivity contribution in [2.75, 3.05) is 27.2 Å². The highest BCUT2D eigenvalue weighted by Gasteiger charge is 2.10. The lowest BCUT2D eigenvalue weighted by atomic mass is 10.2. The molecule has 7 heteroatoms. The van der Waals surface area contributed by atoms with Gasteiger partial charge < -0.3 is 14.6 Å². The zero-order chi connectivity index (χ0) is 15.9. The minimum Gasteiger partial charge on any atom is -0.421 e. The van der Waals surface area contributed by atoms with Gasteiger partial charge in [0.1, 0.15) is 0 Å². The van der Waals surface area contributed by atoms with Gasteiger partial charge in [0.25, 0.3) is 0 Å². The molecule has 0 spiro atoms. The normalized spacial score (nSPS) is 10.9. The minimum absolute atomic E-state index is 0.0203. The SMILES string of the molecule is CN(C)CCNC(=O)CCc1nnc(-c2ccc(Cl)cc2)o1. The Morgan fingerprint density at radius 1 is 1.27 bits per heavy atom. The summed E-state index contributed by atoms with van der Waals surface area (Å²) in [4.78, 5) is 13.7. The Kier molecular flexibility index (Phi) is 5.91. The maximum atomic E-state index is 11.7. The molecule has 1 amide bonds. The van der Waals surface area contributed by atoms with Crippen LogP contribution in [0.1, 0.15) is 12.3 Å². The quantitative estimate of drug-likeness (QED) is 0.844. The van der Waals surface area contributed by atoms with Gasteiger partial charge in [0.15, 0.2) is 0 Å². The minimum atomic E-state index is -0.0203. The maximum absolute atomic E-state index is 11.7. The first-order valence-corrected chi connectivity index (χ1v) is 7.42. The molecule has 2 aromatic rings. The van der Waals surface area contributed by atoms with Gasteiger partial charge in [-0.05, 0) is 38.4 Å². The Balaban J connectivity index is 1.82. The van der Waals surface area contributed by atoms with Crippen LogP contribution in [-0.4, -0.2) is 48.2 Å². The number of amides is 1. The highest BCUT2D eigenvalue weighted by atomic mass is 35.5. The summed E-state index contributed by atoms with van der Waals surface area (Å²) in [5.74, 6) is 0.862. The lowest BCUT2D eigenvalue weighted by molar-refractivity contribution is -0.121. The molecule has 0 unspecified atom stereocenters. The molecule has 0 aliphatic carbocycles. The van der Waals surface area contributed by atoms with Crippen LogP contribution < -0.4 is 5.32 Å². The molecule has 22 heavy (non-hydrogen) atoms. The number of hydrogen-bond donors (Lipinski definition) is 1. The highest BCUT2D eigenvalue weighted by Crippen LogP contribution is 2.20. The first kappa shape index (κ1) is 16.5. The monoisotopic (exact) mass is 322 g/mol. The number of halogens is 1. The van der Waals surface area contributed by atoms with Gasteiger partial charge in [-0.3, -0.25) is 4.79 Å². The van der Waals surface area contributed by atoms with Gasteiger partial charge in [0.2, 0.25) is 17.7 Å². The molecule has 6 nitrogen and oxygen atoms in total. The van der Waals surface area contributed by atoms with E-state index in [2.05, 4.69) is 15.5 Å². The molecule has 0 bridgehead atoms. The van der Waals surface area contributed by atoms with Gasteiger partial charge in [-0.15, -0.1) is 10.2 Å². The van der Waals surface area contributed by atoms with Gasteiger partial charge in [-0.25, -0.2) is 0 Å². The molecule has 0 aliphatic heterocycles. The number of nitrogens with one attached hydrogen (secondary N) is 1. The summed E-state index contributed by atoms with van der Waals surface area (Å²) in [6, 6.07) is 7.15. The average molecular weight is 323 g/mol. The fraction of sp³-hybridized carbons (Fsp3) is 0.400. The van der Waals surface area contributed by atoms with E-state index in [0.717, 1.165) is 12.1 Å². The van der Waals surface area contributed by atoms with Crippen molar-refractivity contribution in [1.29, 1.82) is 0 Å². The second-order valence-electron chi connectivity index (χ2n) is 5.16.